The molecule has 1 aliphatic rings. The van der Waals surface area contributed by atoms with Gasteiger partial charge in [-0.15, -0.1) is 0 Å². The molecule has 1 heterocycles. The van der Waals surface area contributed by atoms with Gasteiger partial charge in [-0.2, -0.15) is 0 Å². The highest BCUT2D eigenvalue weighted by Gasteiger charge is 2.24. The van der Waals surface area contributed by atoms with E-state index in [1.54, 1.807) is 36.3 Å². The first-order valence-electron chi connectivity index (χ1n) is 11.1. The number of methoxy groups -OCH3 is 1. The van der Waals surface area contributed by atoms with Crippen LogP contribution in [0.5, 0.6) is 5.75 Å². The van der Waals surface area contributed by atoms with Crippen LogP contribution in [0.15, 0.2) is 72.8 Å². The summed E-state index contributed by atoms with van der Waals surface area (Å²) in [6.45, 7) is 2.08. The number of nitrogens with one attached hydrogen (secondary N) is 2. The number of urea groups is 1. The Balaban J connectivity index is 1.40. The summed E-state index contributed by atoms with van der Waals surface area (Å²) in [5, 5.41) is 6.84. The first-order valence-corrected chi connectivity index (χ1v) is 11.5. The van der Waals surface area contributed by atoms with Crippen molar-refractivity contribution >= 4 is 40.6 Å². The summed E-state index contributed by atoms with van der Waals surface area (Å²) in [5.41, 5.74) is 2.88. The lowest BCUT2D eigenvalue weighted by atomic mass is 10.1. The van der Waals surface area contributed by atoms with E-state index in [9.17, 15) is 9.59 Å². The number of hydrogen-bond donors (Lipinski definition) is 2. The third-order valence-corrected chi connectivity index (χ3v) is 5.94. The van der Waals surface area contributed by atoms with Gasteiger partial charge in [-0.1, -0.05) is 23.7 Å². The maximum atomic E-state index is 13.4. The fourth-order valence-electron chi connectivity index (χ4n) is 3.84. The van der Waals surface area contributed by atoms with Crippen molar-refractivity contribution in [1.82, 2.24) is 9.80 Å². The largest absolute Gasteiger partial charge is 0.497 e. The predicted octanol–water partition coefficient (Wildman–Crippen LogP) is 5.47. The topological polar surface area (TPSA) is 73.9 Å². The Labute approximate surface area is 204 Å². The molecule has 0 bridgehead atoms. The lowest BCUT2D eigenvalue weighted by Gasteiger charge is -2.23. The van der Waals surface area contributed by atoms with Crippen molar-refractivity contribution in [3.63, 3.8) is 0 Å². The Morgan fingerprint density at radius 2 is 1.47 bits per heavy atom. The minimum absolute atomic E-state index is 0.0587. The second kappa shape index (κ2) is 10.9. The Hall–Kier alpha value is -3.71. The molecular formula is C26H27ClN4O3. The Morgan fingerprint density at radius 1 is 0.824 bits per heavy atom. The van der Waals surface area contributed by atoms with Gasteiger partial charge in [0.2, 0.25) is 0 Å². The van der Waals surface area contributed by atoms with Crippen LogP contribution < -0.4 is 15.4 Å². The van der Waals surface area contributed by atoms with E-state index in [4.69, 9.17) is 16.3 Å². The third kappa shape index (κ3) is 5.80. The minimum atomic E-state index is -0.182. The van der Waals surface area contributed by atoms with Gasteiger partial charge in [-0.05, 0) is 67.1 Å². The standard InChI is InChI=1S/C26H27ClN4O3/c1-34-22-13-11-20(12-14-22)28-24-6-3-2-5-23(24)25(32)30-15-4-16-31(18-17-30)26(33)29-21-9-7-19(27)8-10-21/h2-3,5-14,28H,4,15-18H2,1H3,(H,29,33). The molecular weight excluding hydrogens is 452 g/mol. The molecule has 7 nitrogen and oxygen atoms in total. The molecule has 0 saturated carbocycles. The zero-order valence-corrected chi connectivity index (χ0v) is 19.7. The number of amides is 3. The molecule has 34 heavy (non-hydrogen) atoms. The van der Waals surface area contributed by atoms with Crippen LogP contribution in [0.25, 0.3) is 0 Å². The van der Waals surface area contributed by atoms with Crippen LogP contribution in [0.4, 0.5) is 21.9 Å². The maximum absolute atomic E-state index is 13.4. The van der Waals surface area contributed by atoms with E-state index in [0.717, 1.165) is 17.1 Å². The number of carbonyl (C=O) groups is 2. The van der Waals surface area contributed by atoms with Gasteiger partial charge in [-0.3, -0.25) is 4.79 Å². The number of nitrogens with zero attached hydrogens (tertiary/aromatic N) is 2. The van der Waals surface area contributed by atoms with Crippen molar-refractivity contribution in [2.45, 2.75) is 6.42 Å². The van der Waals surface area contributed by atoms with Crippen LogP contribution in [-0.2, 0) is 0 Å². The number of para-hydroxylation sites is 1. The van der Waals surface area contributed by atoms with Crippen LogP contribution in [0, 0.1) is 0 Å². The van der Waals surface area contributed by atoms with E-state index in [1.807, 2.05) is 53.4 Å². The lowest BCUT2D eigenvalue weighted by molar-refractivity contribution is 0.0763. The SMILES string of the molecule is COc1ccc(Nc2ccccc2C(=O)N2CCCN(C(=O)Nc3ccc(Cl)cc3)CC2)cc1. The molecule has 176 valence electrons. The molecule has 0 aromatic heterocycles. The van der Waals surface area contributed by atoms with Crippen LogP contribution in [0.3, 0.4) is 0 Å². The van der Waals surface area contributed by atoms with Crippen molar-refractivity contribution in [1.29, 1.82) is 0 Å². The number of carbonyl (C=O) groups excluding carboxylic acids is 2. The van der Waals surface area contributed by atoms with Crippen LogP contribution in [-0.4, -0.2) is 55.0 Å². The summed E-state index contributed by atoms with van der Waals surface area (Å²) in [5.74, 6) is 0.709. The number of hydrogen-bond acceptors (Lipinski definition) is 4. The quantitative estimate of drug-likeness (QED) is 0.509. The zero-order valence-electron chi connectivity index (χ0n) is 19.0. The molecule has 1 aliphatic heterocycles. The van der Waals surface area contributed by atoms with E-state index >= 15 is 0 Å². The summed E-state index contributed by atoms with van der Waals surface area (Å²) >= 11 is 5.91. The van der Waals surface area contributed by atoms with Crippen LogP contribution in [0.1, 0.15) is 16.8 Å². The average Bonchev–Trinajstić information content (AvgIpc) is 3.12. The maximum Gasteiger partial charge on any atom is 0.321 e. The van der Waals surface area contributed by atoms with Crippen molar-refractivity contribution in [2.75, 3.05) is 43.9 Å². The number of rotatable bonds is 5. The molecule has 0 spiro atoms. The zero-order chi connectivity index (χ0) is 23.9. The molecule has 0 unspecified atom stereocenters. The minimum Gasteiger partial charge on any atom is -0.497 e. The van der Waals surface area contributed by atoms with Gasteiger partial charge in [0.05, 0.1) is 18.4 Å². The van der Waals surface area contributed by atoms with Gasteiger partial charge < -0.3 is 25.2 Å². The lowest BCUT2D eigenvalue weighted by Crippen LogP contribution is -2.39. The fourth-order valence-corrected chi connectivity index (χ4v) is 3.96. The molecule has 3 amide bonds. The predicted molar refractivity (Wildman–Crippen MR) is 135 cm³/mol. The van der Waals surface area contributed by atoms with E-state index < -0.39 is 0 Å². The number of benzene rings is 3. The molecule has 0 radical (unpaired) electrons. The molecule has 2 N–H and O–H groups in total. The molecule has 3 aromatic carbocycles. The average molecular weight is 479 g/mol. The van der Waals surface area contributed by atoms with Gasteiger partial charge in [-0.25, -0.2) is 4.79 Å². The third-order valence-electron chi connectivity index (χ3n) is 5.69. The monoisotopic (exact) mass is 478 g/mol. The molecule has 4 rings (SSSR count). The summed E-state index contributed by atoms with van der Waals surface area (Å²) in [4.78, 5) is 29.7. The molecule has 0 atom stereocenters. The highest BCUT2D eigenvalue weighted by molar-refractivity contribution is 6.30. The van der Waals surface area contributed by atoms with Gasteiger partial charge >= 0.3 is 6.03 Å². The number of ether oxygens (including phenoxy) is 1. The number of anilines is 3. The Bertz CT molecular complexity index is 1140. The smallest absolute Gasteiger partial charge is 0.321 e. The highest BCUT2D eigenvalue weighted by Crippen LogP contribution is 2.24. The Kier molecular flexibility index (Phi) is 7.54. The van der Waals surface area contributed by atoms with Gasteiger partial charge in [0.1, 0.15) is 5.75 Å². The van der Waals surface area contributed by atoms with E-state index in [2.05, 4.69) is 10.6 Å². The second-order valence-electron chi connectivity index (χ2n) is 7.97. The summed E-state index contributed by atoms with van der Waals surface area (Å²) in [7, 11) is 1.63. The van der Waals surface area contributed by atoms with Crippen molar-refractivity contribution in [3.05, 3.63) is 83.4 Å². The summed E-state index contributed by atoms with van der Waals surface area (Å²) in [6.07, 6.45) is 0.702. The van der Waals surface area contributed by atoms with Crippen LogP contribution in [0.2, 0.25) is 5.02 Å². The summed E-state index contributed by atoms with van der Waals surface area (Å²) in [6, 6.07) is 21.8. The Morgan fingerprint density at radius 3 is 2.21 bits per heavy atom. The van der Waals surface area contributed by atoms with Gasteiger partial charge in [0.25, 0.3) is 5.91 Å². The van der Waals surface area contributed by atoms with Crippen LogP contribution >= 0.6 is 11.6 Å². The molecule has 1 fully saturated rings. The molecule has 1 saturated heterocycles. The van der Waals surface area contributed by atoms with Crippen molar-refractivity contribution in [3.8, 4) is 5.75 Å². The molecule has 8 heteroatoms. The second-order valence-corrected chi connectivity index (χ2v) is 8.41. The normalized spacial score (nSPS) is 13.7. The van der Waals surface area contributed by atoms with E-state index in [0.29, 0.717) is 48.9 Å². The number of halogens is 1. The van der Waals surface area contributed by atoms with E-state index in [1.165, 1.54) is 0 Å². The van der Waals surface area contributed by atoms with Crippen molar-refractivity contribution in [2.24, 2.45) is 0 Å². The molecule has 3 aromatic rings. The van der Waals surface area contributed by atoms with E-state index in [-0.39, 0.29) is 11.9 Å². The van der Waals surface area contributed by atoms with Gasteiger partial charge in [0.15, 0.2) is 0 Å². The highest BCUT2D eigenvalue weighted by atomic mass is 35.5. The van der Waals surface area contributed by atoms with Crippen molar-refractivity contribution < 1.29 is 14.3 Å². The fraction of sp³-hybridized carbons (Fsp3) is 0.231. The van der Waals surface area contributed by atoms with Gasteiger partial charge in [0, 0.05) is 42.6 Å². The first-order chi connectivity index (χ1) is 16.5. The molecule has 0 aliphatic carbocycles. The summed E-state index contributed by atoms with van der Waals surface area (Å²) < 4.78 is 5.21. The first kappa shape index (κ1) is 23.4.